The summed E-state index contributed by atoms with van der Waals surface area (Å²) in [5.41, 5.74) is 1.48. The van der Waals surface area contributed by atoms with E-state index in [1.165, 1.54) is 32.0 Å². The van der Waals surface area contributed by atoms with Gasteiger partial charge < -0.3 is 10.6 Å². The predicted molar refractivity (Wildman–Crippen MR) is 105 cm³/mol. The van der Waals surface area contributed by atoms with Crippen LogP contribution in [0.1, 0.15) is 54.6 Å². The van der Waals surface area contributed by atoms with Crippen LogP contribution in [0.4, 0.5) is 5.82 Å². The molecule has 1 fully saturated rings. The maximum Gasteiger partial charge on any atom is 0.270 e. The molecule has 0 aliphatic heterocycles. The molecule has 1 saturated carbocycles. The second kappa shape index (κ2) is 9.53. The minimum absolute atomic E-state index is 0.182. The molecule has 138 valence electrons. The Bertz CT molecular complexity index is 729. The molecule has 0 radical (unpaired) electrons. The number of halogens is 1. The van der Waals surface area contributed by atoms with Crippen molar-refractivity contribution in [3.8, 4) is 0 Å². The van der Waals surface area contributed by atoms with Crippen molar-refractivity contribution < 1.29 is 4.79 Å². The summed E-state index contributed by atoms with van der Waals surface area (Å²) in [4.78, 5) is 20.7. The molecule has 1 aromatic carbocycles. The number of hydrogen-bond acceptors (Lipinski definition) is 4. The highest BCUT2D eigenvalue weighted by atomic mass is 35.5. The molecule has 1 amide bonds. The highest BCUT2D eigenvalue weighted by Crippen LogP contribution is 2.20. The Balaban J connectivity index is 1.52. The van der Waals surface area contributed by atoms with Crippen LogP contribution in [0.15, 0.2) is 36.7 Å². The van der Waals surface area contributed by atoms with Gasteiger partial charge in [0, 0.05) is 23.7 Å². The van der Waals surface area contributed by atoms with E-state index in [0.717, 1.165) is 30.6 Å². The van der Waals surface area contributed by atoms with Crippen LogP contribution in [0, 0.1) is 0 Å². The first-order chi connectivity index (χ1) is 12.7. The van der Waals surface area contributed by atoms with Gasteiger partial charge in [-0.1, -0.05) is 49.4 Å². The van der Waals surface area contributed by atoms with Crippen molar-refractivity contribution in [3.63, 3.8) is 0 Å². The number of carbonyl (C=O) groups is 1. The predicted octanol–water partition coefficient (Wildman–Crippen LogP) is 4.24. The summed E-state index contributed by atoms with van der Waals surface area (Å²) in [6, 6.07) is 9.83. The number of carbonyl (C=O) groups excluding carboxylic acids is 1. The van der Waals surface area contributed by atoms with Crippen molar-refractivity contribution in [2.45, 2.75) is 51.0 Å². The molecular formula is C20H25ClN4O. The van der Waals surface area contributed by atoms with Crippen LogP contribution < -0.4 is 10.6 Å². The zero-order valence-electron chi connectivity index (χ0n) is 14.9. The first-order valence-corrected chi connectivity index (χ1v) is 9.70. The molecule has 2 N–H and O–H groups in total. The molecule has 26 heavy (non-hydrogen) atoms. The van der Waals surface area contributed by atoms with Gasteiger partial charge >= 0.3 is 0 Å². The smallest absolute Gasteiger partial charge is 0.270 e. The molecule has 5 nitrogen and oxygen atoms in total. The van der Waals surface area contributed by atoms with Crippen molar-refractivity contribution in [2.75, 3.05) is 11.9 Å². The number of anilines is 1. The highest BCUT2D eigenvalue weighted by Gasteiger charge is 2.14. The van der Waals surface area contributed by atoms with E-state index in [1.807, 2.05) is 24.3 Å². The summed E-state index contributed by atoms with van der Waals surface area (Å²) in [7, 11) is 0. The lowest BCUT2D eigenvalue weighted by molar-refractivity contribution is 0.0949. The van der Waals surface area contributed by atoms with Crippen LogP contribution in [0.25, 0.3) is 0 Å². The number of benzene rings is 1. The summed E-state index contributed by atoms with van der Waals surface area (Å²) in [5, 5.41) is 7.07. The number of amides is 1. The van der Waals surface area contributed by atoms with Gasteiger partial charge in [-0.2, -0.15) is 0 Å². The molecule has 2 aromatic rings. The van der Waals surface area contributed by atoms with E-state index in [9.17, 15) is 4.79 Å². The van der Waals surface area contributed by atoms with E-state index in [4.69, 9.17) is 11.6 Å². The SMILES string of the molecule is O=C(NCCc1cccc(Cl)c1)c1cc(NC2CCCCCC2)ncn1. The van der Waals surface area contributed by atoms with Crippen molar-refractivity contribution in [3.05, 3.63) is 52.9 Å². The van der Waals surface area contributed by atoms with Gasteiger partial charge in [0.15, 0.2) is 0 Å². The summed E-state index contributed by atoms with van der Waals surface area (Å²) in [6.45, 7) is 0.536. The first kappa shape index (κ1) is 18.6. The van der Waals surface area contributed by atoms with Crippen LogP contribution in [0.2, 0.25) is 5.02 Å². The number of rotatable bonds is 6. The van der Waals surface area contributed by atoms with Crippen LogP contribution in [0.3, 0.4) is 0 Å². The lowest BCUT2D eigenvalue weighted by Gasteiger charge is -2.17. The van der Waals surface area contributed by atoms with E-state index in [0.29, 0.717) is 23.3 Å². The van der Waals surface area contributed by atoms with Crippen LogP contribution >= 0.6 is 11.6 Å². The fourth-order valence-corrected chi connectivity index (χ4v) is 3.51. The summed E-state index contributed by atoms with van der Waals surface area (Å²) < 4.78 is 0. The Hall–Kier alpha value is -2.14. The largest absolute Gasteiger partial charge is 0.367 e. The summed E-state index contributed by atoms with van der Waals surface area (Å²) in [5.74, 6) is 0.547. The molecule has 0 unspecified atom stereocenters. The van der Waals surface area contributed by atoms with Gasteiger partial charge in [0.25, 0.3) is 5.91 Å². The van der Waals surface area contributed by atoms with Gasteiger partial charge in [-0.25, -0.2) is 9.97 Å². The Kier molecular flexibility index (Phi) is 6.83. The Morgan fingerprint density at radius 3 is 2.69 bits per heavy atom. The molecule has 1 heterocycles. The highest BCUT2D eigenvalue weighted by molar-refractivity contribution is 6.30. The third kappa shape index (κ3) is 5.70. The summed E-state index contributed by atoms with van der Waals surface area (Å²) in [6.07, 6.45) is 9.61. The maximum atomic E-state index is 12.3. The Morgan fingerprint density at radius 2 is 1.92 bits per heavy atom. The molecule has 0 atom stereocenters. The van der Waals surface area contributed by atoms with Gasteiger partial charge in [-0.15, -0.1) is 0 Å². The van der Waals surface area contributed by atoms with Crippen LogP contribution in [-0.4, -0.2) is 28.5 Å². The van der Waals surface area contributed by atoms with Crippen molar-refractivity contribution in [1.29, 1.82) is 0 Å². The molecule has 1 aromatic heterocycles. The minimum atomic E-state index is -0.182. The Labute approximate surface area is 159 Å². The van der Waals surface area contributed by atoms with E-state index in [2.05, 4.69) is 20.6 Å². The minimum Gasteiger partial charge on any atom is -0.367 e. The monoisotopic (exact) mass is 372 g/mol. The molecular weight excluding hydrogens is 348 g/mol. The molecule has 1 aliphatic rings. The molecule has 6 heteroatoms. The molecule has 0 saturated heterocycles. The van der Waals surface area contributed by atoms with E-state index >= 15 is 0 Å². The standard InChI is InChI=1S/C20H25ClN4O/c21-16-7-5-6-15(12-16)10-11-22-20(26)18-13-19(24-14-23-18)25-17-8-3-1-2-4-9-17/h5-7,12-14,17H,1-4,8-11H2,(H,22,26)(H,23,24,25). The second-order valence-corrected chi connectivity index (χ2v) is 7.19. The molecule has 0 spiro atoms. The lowest BCUT2D eigenvalue weighted by Crippen LogP contribution is -2.27. The average Bonchev–Trinajstić information content (AvgIpc) is 2.91. The second-order valence-electron chi connectivity index (χ2n) is 6.76. The molecule has 0 bridgehead atoms. The van der Waals surface area contributed by atoms with E-state index in [1.54, 1.807) is 6.07 Å². The number of aromatic nitrogens is 2. The van der Waals surface area contributed by atoms with Gasteiger partial charge in [-0.05, 0) is 37.0 Å². The van der Waals surface area contributed by atoms with Crippen LogP contribution in [0.5, 0.6) is 0 Å². The van der Waals surface area contributed by atoms with Gasteiger partial charge in [0.05, 0.1) is 0 Å². The number of nitrogens with zero attached hydrogens (tertiary/aromatic N) is 2. The van der Waals surface area contributed by atoms with Crippen molar-refractivity contribution >= 4 is 23.3 Å². The zero-order valence-corrected chi connectivity index (χ0v) is 15.6. The summed E-state index contributed by atoms with van der Waals surface area (Å²) >= 11 is 5.98. The Morgan fingerprint density at radius 1 is 1.12 bits per heavy atom. The topological polar surface area (TPSA) is 66.9 Å². The van der Waals surface area contributed by atoms with E-state index in [-0.39, 0.29) is 5.91 Å². The average molecular weight is 373 g/mol. The zero-order chi connectivity index (χ0) is 18.2. The van der Waals surface area contributed by atoms with Crippen molar-refractivity contribution in [1.82, 2.24) is 15.3 Å². The molecule has 3 rings (SSSR count). The maximum absolute atomic E-state index is 12.3. The number of nitrogens with one attached hydrogen (secondary N) is 2. The lowest BCUT2D eigenvalue weighted by atomic mass is 10.1. The van der Waals surface area contributed by atoms with Gasteiger partial charge in [-0.3, -0.25) is 4.79 Å². The third-order valence-electron chi connectivity index (χ3n) is 4.70. The van der Waals surface area contributed by atoms with Gasteiger partial charge in [0.2, 0.25) is 0 Å². The van der Waals surface area contributed by atoms with Crippen molar-refractivity contribution in [2.24, 2.45) is 0 Å². The first-order valence-electron chi connectivity index (χ1n) is 9.32. The molecule has 1 aliphatic carbocycles. The third-order valence-corrected chi connectivity index (χ3v) is 4.93. The fraction of sp³-hybridized carbons (Fsp3) is 0.450. The number of hydrogen-bond donors (Lipinski definition) is 2. The normalized spacial score (nSPS) is 15.3. The quantitative estimate of drug-likeness (QED) is 0.744. The van der Waals surface area contributed by atoms with E-state index < -0.39 is 0 Å². The van der Waals surface area contributed by atoms with Gasteiger partial charge in [0.1, 0.15) is 17.8 Å². The fourth-order valence-electron chi connectivity index (χ4n) is 3.30. The van der Waals surface area contributed by atoms with Crippen LogP contribution in [-0.2, 0) is 6.42 Å².